The van der Waals surface area contributed by atoms with Gasteiger partial charge in [-0.2, -0.15) is 0 Å². The zero-order valence-corrected chi connectivity index (χ0v) is 14.6. The van der Waals surface area contributed by atoms with Gasteiger partial charge < -0.3 is 4.98 Å². The van der Waals surface area contributed by atoms with Crippen LogP contribution in [0.25, 0.3) is 33.1 Å². The average Bonchev–Trinajstić information content (AvgIpc) is 2.87. The fourth-order valence-corrected chi connectivity index (χ4v) is 3.33. The maximum atomic E-state index is 14.6. The summed E-state index contributed by atoms with van der Waals surface area (Å²) in [5.74, 6) is -0.439. The van der Waals surface area contributed by atoms with E-state index in [-0.39, 0.29) is 17.3 Å². The van der Waals surface area contributed by atoms with Crippen LogP contribution in [-0.2, 0) is 7.05 Å². The van der Waals surface area contributed by atoms with Crippen LogP contribution < -0.4 is 11.2 Å². The molecule has 6 nitrogen and oxygen atoms in total. The van der Waals surface area contributed by atoms with Gasteiger partial charge in [0.15, 0.2) is 0 Å². The first kappa shape index (κ1) is 16.3. The Bertz CT molecular complexity index is 1260. The molecule has 1 aromatic carbocycles. The Morgan fingerprint density at radius 2 is 1.96 bits per heavy atom. The Labute approximate surface area is 147 Å². The molecular weight excluding hydrogens is 335 g/mol. The highest BCUT2D eigenvalue weighted by Crippen LogP contribution is 2.31. The normalized spacial score (nSPS) is 11.7. The summed E-state index contributed by atoms with van der Waals surface area (Å²) in [6, 6.07) is 5.91. The number of nitrogens with one attached hydrogen (secondary N) is 1. The van der Waals surface area contributed by atoms with Crippen LogP contribution in [0.2, 0.25) is 0 Å². The van der Waals surface area contributed by atoms with Gasteiger partial charge in [-0.1, -0.05) is 0 Å². The van der Waals surface area contributed by atoms with Crippen molar-refractivity contribution in [2.45, 2.75) is 19.9 Å². The van der Waals surface area contributed by atoms with Gasteiger partial charge in [-0.15, -0.1) is 0 Å². The molecule has 0 atom stereocenters. The summed E-state index contributed by atoms with van der Waals surface area (Å²) in [6.07, 6.45) is 3.07. The highest BCUT2D eigenvalue weighted by molar-refractivity contribution is 6.04. The first-order valence-corrected chi connectivity index (χ1v) is 8.26. The fraction of sp³-hybridized carbons (Fsp3) is 0.211. The van der Waals surface area contributed by atoms with E-state index in [9.17, 15) is 14.0 Å². The van der Waals surface area contributed by atoms with Crippen molar-refractivity contribution in [1.82, 2.24) is 19.1 Å². The summed E-state index contributed by atoms with van der Waals surface area (Å²) >= 11 is 0. The second kappa shape index (κ2) is 5.66. The van der Waals surface area contributed by atoms with Crippen molar-refractivity contribution in [3.05, 3.63) is 63.3 Å². The number of aromatic nitrogens is 4. The Hall–Kier alpha value is -3.22. The molecule has 0 fully saturated rings. The monoisotopic (exact) mass is 352 g/mol. The van der Waals surface area contributed by atoms with Gasteiger partial charge in [-0.05, 0) is 26.0 Å². The minimum atomic E-state index is -0.439. The van der Waals surface area contributed by atoms with Crippen LogP contribution in [0.3, 0.4) is 0 Å². The lowest BCUT2D eigenvalue weighted by molar-refractivity contribution is 0.584. The Morgan fingerprint density at radius 3 is 2.62 bits per heavy atom. The molecule has 0 radical (unpaired) electrons. The molecule has 0 bridgehead atoms. The molecule has 3 aromatic heterocycles. The van der Waals surface area contributed by atoms with Crippen molar-refractivity contribution in [2.75, 3.05) is 0 Å². The largest absolute Gasteiger partial charge is 0.329 e. The van der Waals surface area contributed by atoms with Crippen molar-refractivity contribution in [3.63, 3.8) is 0 Å². The number of aromatic amines is 1. The molecule has 7 heteroatoms. The lowest BCUT2D eigenvalue weighted by Crippen LogP contribution is -2.23. The first-order chi connectivity index (χ1) is 12.4. The van der Waals surface area contributed by atoms with Crippen molar-refractivity contribution in [2.24, 2.45) is 7.05 Å². The molecule has 1 N–H and O–H groups in total. The van der Waals surface area contributed by atoms with E-state index in [1.165, 1.54) is 18.3 Å². The van der Waals surface area contributed by atoms with Crippen LogP contribution in [0.5, 0.6) is 0 Å². The van der Waals surface area contributed by atoms with Gasteiger partial charge >= 0.3 is 5.69 Å². The molecule has 132 valence electrons. The van der Waals surface area contributed by atoms with Crippen LogP contribution in [0.15, 0.2) is 46.2 Å². The molecule has 3 heterocycles. The Morgan fingerprint density at radius 1 is 1.19 bits per heavy atom. The maximum absolute atomic E-state index is 14.6. The highest BCUT2D eigenvalue weighted by atomic mass is 19.1. The van der Waals surface area contributed by atoms with E-state index in [1.54, 1.807) is 34.5 Å². The van der Waals surface area contributed by atoms with Gasteiger partial charge in [-0.25, -0.2) is 9.18 Å². The molecule has 0 aliphatic rings. The predicted molar refractivity (Wildman–Crippen MR) is 98.9 cm³/mol. The smallest absolute Gasteiger partial charge is 0.328 e. The van der Waals surface area contributed by atoms with Gasteiger partial charge in [0.1, 0.15) is 5.82 Å². The third kappa shape index (κ3) is 2.28. The summed E-state index contributed by atoms with van der Waals surface area (Å²) in [4.78, 5) is 30.8. The van der Waals surface area contributed by atoms with Gasteiger partial charge in [0, 0.05) is 47.9 Å². The molecule has 0 saturated heterocycles. The van der Waals surface area contributed by atoms with Crippen LogP contribution in [0, 0.1) is 5.82 Å². The second-order valence-electron chi connectivity index (χ2n) is 6.59. The minimum Gasteiger partial charge on any atom is -0.328 e. The number of rotatable bonds is 2. The first-order valence-electron chi connectivity index (χ1n) is 8.26. The molecule has 0 aliphatic carbocycles. The lowest BCUT2D eigenvalue weighted by Gasteiger charge is -2.11. The lowest BCUT2D eigenvalue weighted by atomic mass is 10.0. The molecule has 26 heavy (non-hydrogen) atoms. The standard InChI is InChI=1S/C19H17FN4O2/c1-10(2)24-18-13-6-12(11-4-5-17(25)22-8-11)14(20)7-15(13)21-9-16(18)23(3)19(24)26/h4-10H,1-3H3,(H,22,25). The van der Waals surface area contributed by atoms with E-state index < -0.39 is 5.82 Å². The second-order valence-corrected chi connectivity index (χ2v) is 6.59. The van der Waals surface area contributed by atoms with Crippen LogP contribution in [-0.4, -0.2) is 19.1 Å². The molecular formula is C19H17FN4O2. The van der Waals surface area contributed by atoms with E-state index in [0.717, 1.165) is 5.52 Å². The van der Waals surface area contributed by atoms with Crippen molar-refractivity contribution in [3.8, 4) is 11.1 Å². The maximum Gasteiger partial charge on any atom is 0.329 e. The van der Waals surface area contributed by atoms with Crippen LogP contribution in [0.1, 0.15) is 19.9 Å². The molecule has 4 aromatic rings. The number of aryl methyl sites for hydroxylation is 1. The number of hydrogen-bond donors (Lipinski definition) is 1. The van der Waals surface area contributed by atoms with E-state index in [0.29, 0.717) is 27.5 Å². The summed E-state index contributed by atoms with van der Waals surface area (Å²) in [5.41, 5.74) is 2.39. The SMILES string of the molecule is CC(C)n1c(=O)n(C)c2cnc3cc(F)c(-c4ccc(=O)[nH]c4)cc3c21. The minimum absolute atomic E-state index is 0.0571. The number of pyridine rings is 2. The Balaban J connectivity index is 2.15. The molecule has 0 amide bonds. The van der Waals surface area contributed by atoms with Gasteiger partial charge in [0.2, 0.25) is 5.56 Å². The summed E-state index contributed by atoms with van der Waals surface area (Å²) in [6.45, 7) is 3.86. The number of nitrogens with zero attached hydrogens (tertiary/aromatic N) is 3. The van der Waals surface area contributed by atoms with E-state index >= 15 is 0 Å². The van der Waals surface area contributed by atoms with Gasteiger partial charge in [0.05, 0.1) is 22.7 Å². The summed E-state index contributed by atoms with van der Waals surface area (Å²) in [7, 11) is 1.70. The van der Waals surface area contributed by atoms with Crippen LogP contribution in [0.4, 0.5) is 4.39 Å². The van der Waals surface area contributed by atoms with E-state index in [2.05, 4.69) is 9.97 Å². The number of hydrogen-bond acceptors (Lipinski definition) is 3. The number of halogens is 1. The molecule has 4 rings (SSSR count). The molecule has 0 spiro atoms. The number of H-pyrrole nitrogens is 1. The van der Waals surface area contributed by atoms with Gasteiger partial charge in [-0.3, -0.25) is 18.9 Å². The molecule has 0 saturated carbocycles. The third-order valence-corrected chi connectivity index (χ3v) is 4.62. The fourth-order valence-electron chi connectivity index (χ4n) is 3.33. The van der Waals surface area contributed by atoms with Gasteiger partial charge in [0.25, 0.3) is 0 Å². The quantitative estimate of drug-likeness (QED) is 0.603. The topological polar surface area (TPSA) is 72.7 Å². The van der Waals surface area contributed by atoms with Crippen molar-refractivity contribution in [1.29, 1.82) is 0 Å². The van der Waals surface area contributed by atoms with Crippen molar-refractivity contribution < 1.29 is 4.39 Å². The van der Waals surface area contributed by atoms with Crippen molar-refractivity contribution >= 4 is 21.9 Å². The highest BCUT2D eigenvalue weighted by Gasteiger charge is 2.18. The van der Waals surface area contributed by atoms with E-state index in [4.69, 9.17) is 0 Å². The number of fused-ring (bicyclic) bond motifs is 3. The summed E-state index contributed by atoms with van der Waals surface area (Å²) in [5, 5.41) is 0.691. The Kier molecular flexibility index (Phi) is 3.54. The molecule has 0 unspecified atom stereocenters. The zero-order chi connectivity index (χ0) is 18.6. The van der Waals surface area contributed by atoms with Crippen LogP contribution >= 0.6 is 0 Å². The molecule has 0 aliphatic heterocycles. The third-order valence-electron chi connectivity index (χ3n) is 4.62. The number of benzene rings is 1. The van der Waals surface area contributed by atoms with E-state index in [1.807, 2.05) is 13.8 Å². The zero-order valence-electron chi connectivity index (χ0n) is 14.6. The number of imidazole rings is 1. The average molecular weight is 352 g/mol. The summed E-state index contributed by atoms with van der Waals surface area (Å²) < 4.78 is 17.9. The predicted octanol–water partition coefficient (Wildman–Crippen LogP) is 2.96.